The van der Waals surface area contributed by atoms with Crippen molar-refractivity contribution in [3.8, 4) is 10.8 Å². The van der Waals surface area contributed by atoms with Crippen LogP contribution in [0.15, 0.2) is 33.2 Å². The molecule has 0 radical (unpaired) electrons. The summed E-state index contributed by atoms with van der Waals surface area (Å²) in [4.78, 5) is 24.1. The van der Waals surface area contributed by atoms with Gasteiger partial charge in [0.25, 0.3) is 0 Å². The maximum absolute atomic E-state index is 11.7. The first-order valence-electron chi connectivity index (χ1n) is 8.80. The maximum atomic E-state index is 11.7. The summed E-state index contributed by atoms with van der Waals surface area (Å²) in [5, 5.41) is 5.32. The van der Waals surface area contributed by atoms with Crippen LogP contribution < -0.4 is 5.32 Å². The van der Waals surface area contributed by atoms with Gasteiger partial charge < -0.3 is 19.4 Å². The van der Waals surface area contributed by atoms with Crippen molar-refractivity contribution < 1.29 is 13.9 Å². The second kappa shape index (κ2) is 8.84. The van der Waals surface area contributed by atoms with E-state index in [1.807, 2.05) is 24.4 Å². The number of carbonyl (C=O) groups excluding carboxylic acids is 1. The highest BCUT2D eigenvalue weighted by molar-refractivity contribution is 7.13. The number of piperidine rings is 1. The number of guanidine groups is 1. The molecule has 1 aliphatic heterocycles. The first-order valence-corrected chi connectivity index (χ1v) is 9.68. The summed E-state index contributed by atoms with van der Waals surface area (Å²) >= 11 is 1.60. The molecule has 0 amide bonds. The number of nitrogens with one attached hydrogen (secondary N) is 1. The van der Waals surface area contributed by atoms with Gasteiger partial charge in [-0.1, -0.05) is 6.07 Å². The largest absolute Gasteiger partial charge is 0.469 e. The molecule has 0 saturated carbocycles. The fraction of sp³-hybridized carbons (Fsp3) is 0.500. The van der Waals surface area contributed by atoms with Gasteiger partial charge in [-0.25, -0.2) is 9.98 Å². The lowest BCUT2D eigenvalue weighted by atomic mass is 9.97. The normalized spacial score (nSPS) is 15.9. The minimum absolute atomic E-state index is 0.0111. The van der Waals surface area contributed by atoms with Crippen LogP contribution in [0.4, 0.5) is 0 Å². The van der Waals surface area contributed by atoms with Crippen LogP contribution in [0.5, 0.6) is 0 Å². The molecule has 3 rings (SSSR count). The Hall–Kier alpha value is -2.35. The Morgan fingerprint density at radius 3 is 2.96 bits per heavy atom. The minimum atomic E-state index is -0.115. The lowest BCUT2D eigenvalue weighted by molar-refractivity contribution is -0.146. The van der Waals surface area contributed by atoms with E-state index in [9.17, 15) is 4.79 Å². The van der Waals surface area contributed by atoms with Crippen molar-refractivity contribution in [3.63, 3.8) is 0 Å². The van der Waals surface area contributed by atoms with Gasteiger partial charge in [0.05, 0.1) is 24.4 Å². The standard InChI is InChI=1S/C18H24N4O3S/c1-3-19-18(22-8-6-13(7-9-22)17(23)24-2)20-11-14-12-25-16(21-14)15-5-4-10-26-15/h4-5,10,12-13H,3,6-9,11H2,1-2H3,(H,19,20). The number of oxazole rings is 1. The van der Waals surface area contributed by atoms with Crippen molar-refractivity contribution in [1.29, 1.82) is 0 Å². The summed E-state index contributed by atoms with van der Waals surface area (Å²) < 4.78 is 10.4. The predicted molar refractivity (Wildman–Crippen MR) is 101 cm³/mol. The highest BCUT2D eigenvalue weighted by atomic mass is 32.1. The Balaban J connectivity index is 1.62. The number of methoxy groups -OCH3 is 1. The molecule has 1 saturated heterocycles. The van der Waals surface area contributed by atoms with Gasteiger partial charge in [-0.15, -0.1) is 11.3 Å². The molecule has 140 valence electrons. The Labute approximate surface area is 157 Å². The number of esters is 1. The van der Waals surface area contributed by atoms with E-state index in [1.54, 1.807) is 17.6 Å². The van der Waals surface area contributed by atoms with Crippen LogP contribution in [0, 0.1) is 5.92 Å². The zero-order chi connectivity index (χ0) is 18.4. The molecule has 26 heavy (non-hydrogen) atoms. The first kappa shape index (κ1) is 18.4. The number of nitrogens with zero attached hydrogens (tertiary/aromatic N) is 3. The van der Waals surface area contributed by atoms with E-state index in [0.29, 0.717) is 12.4 Å². The average Bonchev–Trinajstić information content (AvgIpc) is 3.36. The van der Waals surface area contributed by atoms with Crippen LogP contribution in [0.3, 0.4) is 0 Å². The molecule has 0 spiro atoms. The Bertz CT molecular complexity index is 733. The van der Waals surface area contributed by atoms with E-state index in [0.717, 1.165) is 49.0 Å². The summed E-state index contributed by atoms with van der Waals surface area (Å²) in [6, 6.07) is 3.96. The van der Waals surface area contributed by atoms with E-state index in [1.165, 1.54) is 7.11 Å². The number of aromatic nitrogens is 1. The summed E-state index contributed by atoms with van der Waals surface area (Å²) in [5.41, 5.74) is 0.799. The lowest BCUT2D eigenvalue weighted by Gasteiger charge is -2.33. The van der Waals surface area contributed by atoms with Crippen molar-refractivity contribution in [2.45, 2.75) is 26.3 Å². The molecule has 0 atom stereocenters. The van der Waals surface area contributed by atoms with Gasteiger partial charge in [-0.05, 0) is 31.2 Å². The third-order valence-corrected chi connectivity index (χ3v) is 5.20. The van der Waals surface area contributed by atoms with Crippen LogP contribution >= 0.6 is 11.3 Å². The molecule has 0 bridgehead atoms. The Morgan fingerprint density at radius 2 is 2.31 bits per heavy atom. The molecular formula is C18H24N4O3S. The van der Waals surface area contributed by atoms with Gasteiger partial charge in [0.15, 0.2) is 5.96 Å². The number of ether oxygens (including phenoxy) is 1. The Morgan fingerprint density at radius 1 is 1.50 bits per heavy atom. The minimum Gasteiger partial charge on any atom is -0.469 e. The van der Waals surface area contributed by atoms with Gasteiger partial charge in [-0.2, -0.15) is 0 Å². The summed E-state index contributed by atoms with van der Waals surface area (Å²) in [7, 11) is 1.45. The molecule has 0 unspecified atom stereocenters. The molecule has 2 aromatic rings. The van der Waals surface area contributed by atoms with Gasteiger partial charge in [0.2, 0.25) is 5.89 Å². The van der Waals surface area contributed by atoms with E-state index in [-0.39, 0.29) is 11.9 Å². The van der Waals surface area contributed by atoms with E-state index < -0.39 is 0 Å². The molecule has 1 aliphatic rings. The smallest absolute Gasteiger partial charge is 0.308 e. The maximum Gasteiger partial charge on any atom is 0.308 e. The number of thiophene rings is 1. The molecule has 7 nitrogen and oxygen atoms in total. The monoisotopic (exact) mass is 376 g/mol. The van der Waals surface area contributed by atoms with Crippen molar-refractivity contribution in [2.75, 3.05) is 26.7 Å². The van der Waals surface area contributed by atoms with Crippen LogP contribution in [-0.4, -0.2) is 48.6 Å². The number of aliphatic imine (C=N–C) groups is 1. The molecule has 1 fully saturated rings. The number of likely N-dealkylation sites (tertiary alicyclic amines) is 1. The van der Waals surface area contributed by atoms with Gasteiger partial charge >= 0.3 is 5.97 Å². The van der Waals surface area contributed by atoms with Gasteiger partial charge in [-0.3, -0.25) is 4.79 Å². The molecule has 2 aromatic heterocycles. The summed E-state index contributed by atoms with van der Waals surface area (Å²) in [6.07, 6.45) is 3.22. The highest BCUT2D eigenvalue weighted by Gasteiger charge is 2.27. The Kier molecular flexibility index (Phi) is 6.27. The SMILES string of the molecule is CCNC(=NCc1coc(-c2cccs2)n1)N1CCC(C(=O)OC)CC1. The fourth-order valence-electron chi connectivity index (χ4n) is 2.97. The summed E-state index contributed by atoms with van der Waals surface area (Å²) in [6.45, 7) is 4.85. The lowest BCUT2D eigenvalue weighted by Crippen LogP contribution is -2.46. The van der Waals surface area contributed by atoms with E-state index >= 15 is 0 Å². The molecule has 1 N–H and O–H groups in total. The number of hydrogen-bond acceptors (Lipinski definition) is 6. The third-order valence-electron chi connectivity index (χ3n) is 4.34. The van der Waals surface area contributed by atoms with Crippen LogP contribution in [-0.2, 0) is 16.1 Å². The number of carbonyl (C=O) groups is 1. The van der Waals surface area contributed by atoms with Gasteiger partial charge in [0, 0.05) is 19.6 Å². The second-order valence-electron chi connectivity index (χ2n) is 6.08. The highest BCUT2D eigenvalue weighted by Crippen LogP contribution is 2.24. The third kappa shape index (κ3) is 4.43. The number of hydrogen-bond donors (Lipinski definition) is 1. The zero-order valence-electron chi connectivity index (χ0n) is 15.1. The molecule has 8 heteroatoms. The van der Waals surface area contributed by atoms with Crippen LogP contribution in [0.1, 0.15) is 25.5 Å². The van der Waals surface area contributed by atoms with Crippen LogP contribution in [0.25, 0.3) is 10.8 Å². The summed E-state index contributed by atoms with van der Waals surface area (Å²) in [5.74, 6) is 1.35. The molecule has 0 aliphatic carbocycles. The molecular weight excluding hydrogens is 352 g/mol. The zero-order valence-corrected chi connectivity index (χ0v) is 15.9. The first-order chi connectivity index (χ1) is 12.7. The number of rotatable bonds is 5. The quantitative estimate of drug-likeness (QED) is 0.491. The molecule has 0 aromatic carbocycles. The average molecular weight is 376 g/mol. The van der Waals surface area contributed by atoms with E-state index in [2.05, 4.69) is 20.2 Å². The van der Waals surface area contributed by atoms with Crippen molar-refractivity contribution in [3.05, 3.63) is 29.5 Å². The van der Waals surface area contributed by atoms with Crippen LogP contribution in [0.2, 0.25) is 0 Å². The van der Waals surface area contributed by atoms with Crippen molar-refractivity contribution >= 4 is 23.3 Å². The topological polar surface area (TPSA) is 80.0 Å². The van der Waals surface area contributed by atoms with Crippen molar-refractivity contribution in [1.82, 2.24) is 15.2 Å². The van der Waals surface area contributed by atoms with E-state index in [4.69, 9.17) is 9.15 Å². The predicted octanol–water partition coefficient (Wildman–Crippen LogP) is 2.75. The second-order valence-corrected chi connectivity index (χ2v) is 7.02. The fourth-order valence-corrected chi connectivity index (χ4v) is 3.62. The van der Waals surface area contributed by atoms with Crippen molar-refractivity contribution in [2.24, 2.45) is 10.9 Å². The molecule has 3 heterocycles. The van der Waals surface area contributed by atoms with Gasteiger partial charge in [0.1, 0.15) is 12.0 Å².